The number of hydrogen-bond acceptors (Lipinski definition) is 6. The molecule has 0 saturated heterocycles. The number of carbonyl (C=O) groups excluding carboxylic acids is 3. The summed E-state index contributed by atoms with van der Waals surface area (Å²) in [5.74, 6) is -1.48. The van der Waals surface area contributed by atoms with Gasteiger partial charge in [0.05, 0.1) is 12.6 Å². The fourth-order valence-corrected chi connectivity index (χ4v) is 4.30. The lowest BCUT2D eigenvalue weighted by Gasteiger charge is -2.25. The molecule has 204 valence electrons. The number of nitrogens with zero attached hydrogens (tertiary/aromatic N) is 1. The molecular weight excluding hydrogens is 488 g/mol. The molecule has 10 nitrogen and oxygen atoms in total. The van der Waals surface area contributed by atoms with Crippen LogP contribution in [0.1, 0.15) is 30.4 Å². The number of carboxylic acid groups (broad SMARTS) is 1. The molecule has 4 N–H and O–H groups in total. The SMILES string of the molecule is CN1CC(=O)N[C@H](Cc2ccccc2)C(=O)NCCCc2ccccc2OCCN[C@@H](CCC(=O)O)C1=O. The summed E-state index contributed by atoms with van der Waals surface area (Å²) in [4.78, 5) is 51.4. The molecule has 1 aliphatic heterocycles. The molecule has 0 aliphatic carbocycles. The Morgan fingerprint density at radius 3 is 2.53 bits per heavy atom. The van der Waals surface area contributed by atoms with E-state index in [9.17, 15) is 19.2 Å². The van der Waals surface area contributed by atoms with Crippen LogP contribution in [0.5, 0.6) is 5.75 Å². The van der Waals surface area contributed by atoms with Gasteiger partial charge in [-0.2, -0.15) is 0 Å². The predicted octanol–water partition coefficient (Wildman–Crippen LogP) is 1.14. The Balaban J connectivity index is 1.79. The molecule has 0 bridgehead atoms. The third-order valence-electron chi connectivity index (χ3n) is 6.28. The number of amides is 3. The van der Waals surface area contributed by atoms with E-state index in [4.69, 9.17) is 9.84 Å². The number of ether oxygens (including phenoxy) is 1. The highest BCUT2D eigenvalue weighted by Crippen LogP contribution is 2.19. The molecule has 38 heavy (non-hydrogen) atoms. The molecule has 0 radical (unpaired) electrons. The quantitative estimate of drug-likeness (QED) is 0.460. The smallest absolute Gasteiger partial charge is 0.303 e. The molecule has 0 spiro atoms. The second kappa shape index (κ2) is 14.7. The van der Waals surface area contributed by atoms with Crippen molar-refractivity contribution in [1.29, 1.82) is 0 Å². The van der Waals surface area contributed by atoms with Crippen LogP contribution in [0, 0.1) is 0 Å². The van der Waals surface area contributed by atoms with E-state index in [1.54, 1.807) is 0 Å². The molecule has 0 saturated carbocycles. The van der Waals surface area contributed by atoms with Crippen molar-refractivity contribution in [3.8, 4) is 5.75 Å². The summed E-state index contributed by atoms with van der Waals surface area (Å²) in [6.07, 6.45) is 1.53. The summed E-state index contributed by atoms with van der Waals surface area (Å²) in [6.45, 7) is 0.752. The highest BCUT2D eigenvalue weighted by Gasteiger charge is 2.26. The van der Waals surface area contributed by atoms with E-state index in [2.05, 4.69) is 16.0 Å². The number of aryl methyl sites for hydroxylation is 1. The van der Waals surface area contributed by atoms with Crippen LogP contribution in [0.25, 0.3) is 0 Å². The third-order valence-corrected chi connectivity index (χ3v) is 6.28. The monoisotopic (exact) mass is 524 g/mol. The summed E-state index contributed by atoms with van der Waals surface area (Å²) >= 11 is 0. The van der Waals surface area contributed by atoms with E-state index in [0.717, 1.165) is 16.9 Å². The molecule has 0 fully saturated rings. The zero-order valence-electron chi connectivity index (χ0n) is 21.7. The highest BCUT2D eigenvalue weighted by atomic mass is 16.5. The number of likely N-dealkylation sites (N-methyl/N-ethyl adjacent to an activating group) is 1. The maximum absolute atomic E-state index is 13.1. The number of rotatable bonds is 5. The predicted molar refractivity (Wildman–Crippen MR) is 142 cm³/mol. The van der Waals surface area contributed by atoms with Crippen LogP contribution >= 0.6 is 0 Å². The summed E-state index contributed by atoms with van der Waals surface area (Å²) in [6, 6.07) is 15.4. The van der Waals surface area contributed by atoms with Crippen molar-refractivity contribution in [3.63, 3.8) is 0 Å². The van der Waals surface area contributed by atoms with Gasteiger partial charge in [0.15, 0.2) is 0 Å². The van der Waals surface area contributed by atoms with Crippen molar-refractivity contribution in [2.24, 2.45) is 0 Å². The van der Waals surface area contributed by atoms with E-state index in [1.165, 1.54) is 11.9 Å². The zero-order chi connectivity index (χ0) is 27.3. The number of para-hydroxylation sites is 1. The molecule has 2 aromatic carbocycles. The van der Waals surface area contributed by atoms with Gasteiger partial charge in [0.25, 0.3) is 0 Å². The molecule has 2 atom stereocenters. The molecular formula is C28H36N4O6. The lowest BCUT2D eigenvalue weighted by atomic mass is 10.0. The summed E-state index contributed by atoms with van der Waals surface area (Å²) in [5.41, 5.74) is 1.89. The van der Waals surface area contributed by atoms with Crippen molar-refractivity contribution in [1.82, 2.24) is 20.9 Å². The van der Waals surface area contributed by atoms with Crippen LogP contribution < -0.4 is 20.7 Å². The third kappa shape index (κ3) is 9.19. The largest absolute Gasteiger partial charge is 0.492 e. The van der Waals surface area contributed by atoms with Gasteiger partial charge < -0.3 is 30.7 Å². The topological polar surface area (TPSA) is 137 Å². The summed E-state index contributed by atoms with van der Waals surface area (Å²) in [7, 11) is 1.48. The van der Waals surface area contributed by atoms with Crippen LogP contribution in [-0.2, 0) is 32.0 Å². The number of fused-ring (bicyclic) bond motifs is 1. The fourth-order valence-electron chi connectivity index (χ4n) is 4.30. The first-order chi connectivity index (χ1) is 18.3. The van der Waals surface area contributed by atoms with Crippen molar-refractivity contribution >= 4 is 23.7 Å². The number of benzene rings is 2. The maximum atomic E-state index is 13.1. The van der Waals surface area contributed by atoms with Crippen molar-refractivity contribution in [2.45, 2.75) is 44.2 Å². The lowest BCUT2D eigenvalue weighted by Crippen LogP contribution is -2.53. The average molecular weight is 525 g/mol. The van der Waals surface area contributed by atoms with E-state index < -0.39 is 29.9 Å². The summed E-state index contributed by atoms with van der Waals surface area (Å²) in [5, 5.41) is 17.9. The molecule has 3 rings (SSSR count). The first kappa shape index (κ1) is 28.6. The number of aliphatic carboxylic acids is 1. The van der Waals surface area contributed by atoms with E-state index in [0.29, 0.717) is 32.4 Å². The van der Waals surface area contributed by atoms with Gasteiger partial charge in [-0.25, -0.2) is 0 Å². The Hall–Kier alpha value is -3.92. The van der Waals surface area contributed by atoms with Gasteiger partial charge in [0.2, 0.25) is 17.7 Å². The highest BCUT2D eigenvalue weighted by molar-refractivity contribution is 5.91. The fraction of sp³-hybridized carbons (Fsp3) is 0.429. The Kier molecular flexibility index (Phi) is 11.1. The number of hydrogen-bond donors (Lipinski definition) is 4. The Morgan fingerprint density at radius 2 is 1.76 bits per heavy atom. The van der Waals surface area contributed by atoms with Gasteiger partial charge in [-0.15, -0.1) is 0 Å². The average Bonchev–Trinajstić information content (AvgIpc) is 2.90. The molecule has 3 amide bonds. The van der Waals surface area contributed by atoms with Gasteiger partial charge in [-0.1, -0.05) is 48.5 Å². The van der Waals surface area contributed by atoms with Gasteiger partial charge >= 0.3 is 5.97 Å². The van der Waals surface area contributed by atoms with Gasteiger partial charge in [0, 0.05) is 33.0 Å². The molecule has 1 heterocycles. The molecule has 10 heteroatoms. The van der Waals surface area contributed by atoms with Gasteiger partial charge in [-0.3, -0.25) is 19.2 Å². The zero-order valence-corrected chi connectivity index (χ0v) is 21.7. The Bertz CT molecular complexity index is 1090. The minimum Gasteiger partial charge on any atom is -0.492 e. The normalized spacial score (nSPS) is 20.2. The second-order valence-corrected chi connectivity index (χ2v) is 9.29. The second-order valence-electron chi connectivity index (χ2n) is 9.29. The molecule has 0 aromatic heterocycles. The van der Waals surface area contributed by atoms with E-state index >= 15 is 0 Å². The first-order valence-electron chi connectivity index (χ1n) is 12.9. The van der Waals surface area contributed by atoms with Crippen LogP contribution in [0.3, 0.4) is 0 Å². The molecule has 2 aromatic rings. The minimum absolute atomic E-state index is 0.0652. The van der Waals surface area contributed by atoms with Crippen LogP contribution in [0.4, 0.5) is 0 Å². The lowest BCUT2D eigenvalue weighted by molar-refractivity contribution is -0.139. The Morgan fingerprint density at radius 1 is 1.03 bits per heavy atom. The van der Waals surface area contributed by atoms with Crippen molar-refractivity contribution in [2.75, 3.05) is 33.3 Å². The summed E-state index contributed by atoms with van der Waals surface area (Å²) < 4.78 is 5.94. The molecule has 1 aliphatic rings. The van der Waals surface area contributed by atoms with Crippen molar-refractivity contribution < 1.29 is 29.0 Å². The Labute approximate surface area is 222 Å². The van der Waals surface area contributed by atoms with E-state index in [1.807, 2.05) is 54.6 Å². The van der Waals surface area contributed by atoms with Crippen LogP contribution in [0.15, 0.2) is 54.6 Å². The number of carbonyl (C=O) groups is 4. The van der Waals surface area contributed by atoms with E-state index in [-0.39, 0.29) is 31.9 Å². The molecule has 0 unspecified atom stereocenters. The van der Waals surface area contributed by atoms with Gasteiger partial charge in [0.1, 0.15) is 18.4 Å². The van der Waals surface area contributed by atoms with Crippen molar-refractivity contribution in [3.05, 3.63) is 65.7 Å². The minimum atomic E-state index is -1.01. The first-order valence-corrected chi connectivity index (χ1v) is 12.9. The van der Waals surface area contributed by atoms with Crippen LogP contribution in [0.2, 0.25) is 0 Å². The number of carboxylic acids is 1. The number of nitrogens with one attached hydrogen (secondary N) is 3. The van der Waals surface area contributed by atoms with Crippen LogP contribution in [-0.4, -0.2) is 79.1 Å². The van der Waals surface area contributed by atoms with Gasteiger partial charge in [-0.05, 0) is 36.5 Å². The standard InChI is InChI=1S/C28H36N4O6/c1-32-19-25(33)31-23(18-20-8-3-2-4-9-20)27(36)30-15-7-11-21-10-5-6-12-24(21)38-17-16-29-22(28(32)37)13-14-26(34)35/h2-6,8-10,12,22-23,29H,7,11,13-19H2,1H3,(H,30,36)(H,31,33)(H,34,35)/t22-,23+/m0/s1. The maximum Gasteiger partial charge on any atom is 0.303 e.